The van der Waals surface area contributed by atoms with Crippen LogP contribution in [-0.2, 0) is 0 Å². The molecule has 16 heavy (non-hydrogen) atoms. The predicted molar refractivity (Wildman–Crippen MR) is 61.6 cm³/mol. The SMILES string of the molecule is O=C(NC1(CCl)CC1)c1cc(Cl)ccc1F. The molecule has 0 aromatic heterocycles. The summed E-state index contributed by atoms with van der Waals surface area (Å²) in [5, 5.41) is 3.07. The van der Waals surface area contributed by atoms with Gasteiger partial charge < -0.3 is 5.32 Å². The number of carbonyl (C=O) groups excluding carboxylic acids is 1. The molecular weight excluding hydrogens is 252 g/mol. The topological polar surface area (TPSA) is 29.1 Å². The van der Waals surface area contributed by atoms with E-state index in [0.29, 0.717) is 10.9 Å². The third-order valence-corrected chi connectivity index (χ3v) is 3.41. The Kier molecular flexibility index (Phi) is 3.08. The number of alkyl halides is 1. The van der Waals surface area contributed by atoms with Crippen LogP contribution in [0.15, 0.2) is 18.2 Å². The Hall–Kier alpha value is -0.800. The van der Waals surface area contributed by atoms with E-state index < -0.39 is 11.7 Å². The van der Waals surface area contributed by atoms with Crippen LogP contribution < -0.4 is 5.32 Å². The number of benzene rings is 1. The smallest absolute Gasteiger partial charge is 0.254 e. The fourth-order valence-corrected chi connectivity index (χ4v) is 1.93. The molecule has 0 bridgehead atoms. The number of rotatable bonds is 3. The van der Waals surface area contributed by atoms with Gasteiger partial charge in [-0.2, -0.15) is 0 Å². The van der Waals surface area contributed by atoms with Gasteiger partial charge in [-0.05, 0) is 31.0 Å². The first kappa shape index (κ1) is 11.7. The first-order valence-corrected chi connectivity index (χ1v) is 5.81. The molecule has 0 spiro atoms. The van der Waals surface area contributed by atoms with E-state index in [1.807, 2.05) is 0 Å². The third kappa shape index (κ3) is 2.30. The summed E-state index contributed by atoms with van der Waals surface area (Å²) in [5.41, 5.74) is -0.378. The Balaban J connectivity index is 2.17. The lowest BCUT2D eigenvalue weighted by Crippen LogP contribution is -2.38. The average Bonchev–Trinajstić information content (AvgIpc) is 3.02. The van der Waals surface area contributed by atoms with Gasteiger partial charge in [-0.15, -0.1) is 11.6 Å². The molecule has 0 atom stereocenters. The van der Waals surface area contributed by atoms with Crippen molar-refractivity contribution in [1.82, 2.24) is 5.32 Å². The number of hydrogen-bond donors (Lipinski definition) is 1. The second-order valence-electron chi connectivity index (χ2n) is 3.99. The van der Waals surface area contributed by atoms with Gasteiger partial charge in [-0.3, -0.25) is 4.79 Å². The molecule has 1 aliphatic carbocycles. The van der Waals surface area contributed by atoms with Gasteiger partial charge in [0.15, 0.2) is 0 Å². The number of amides is 1. The van der Waals surface area contributed by atoms with Crippen molar-refractivity contribution in [2.75, 3.05) is 5.88 Å². The summed E-state index contributed by atoms with van der Waals surface area (Å²) in [5.74, 6) is -0.689. The molecule has 86 valence electrons. The highest BCUT2D eigenvalue weighted by atomic mass is 35.5. The zero-order valence-electron chi connectivity index (χ0n) is 8.40. The molecule has 1 aromatic rings. The van der Waals surface area contributed by atoms with Crippen molar-refractivity contribution in [1.29, 1.82) is 0 Å². The second kappa shape index (κ2) is 4.22. The molecule has 5 heteroatoms. The number of hydrogen-bond acceptors (Lipinski definition) is 1. The molecule has 2 nitrogen and oxygen atoms in total. The summed E-state index contributed by atoms with van der Waals surface area (Å²) in [6.07, 6.45) is 1.68. The van der Waals surface area contributed by atoms with Gasteiger partial charge in [0.25, 0.3) is 5.91 Å². The minimum atomic E-state index is -0.577. The van der Waals surface area contributed by atoms with Crippen molar-refractivity contribution in [2.24, 2.45) is 0 Å². The van der Waals surface area contributed by atoms with Crippen LogP contribution in [0.1, 0.15) is 23.2 Å². The van der Waals surface area contributed by atoms with Crippen LogP contribution in [0.3, 0.4) is 0 Å². The van der Waals surface area contributed by atoms with Crippen molar-refractivity contribution in [3.63, 3.8) is 0 Å². The minimum absolute atomic E-state index is 0.0381. The zero-order valence-corrected chi connectivity index (χ0v) is 9.91. The predicted octanol–water partition coefficient (Wildman–Crippen LogP) is 2.98. The fourth-order valence-electron chi connectivity index (χ4n) is 1.42. The lowest BCUT2D eigenvalue weighted by atomic mass is 10.2. The van der Waals surface area contributed by atoms with E-state index in [1.165, 1.54) is 18.2 Å². The third-order valence-electron chi connectivity index (χ3n) is 2.66. The summed E-state index contributed by atoms with van der Waals surface area (Å²) < 4.78 is 13.4. The number of carbonyl (C=O) groups is 1. The molecule has 1 aromatic carbocycles. The molecule has 1 amide bonds. The molecule has 0 saturated heterocycles. The van der Waals surface area contributed by atoms with E-state index in [2.05, 4.69) is 5.32 Å². The van der Waals surface area contributed by atoms with Gasteiger partial charge in [0.05, 0.1) is 11.1 Å². The van der Waals surface area contributed by atoms with Crippen molar-refractivity contribution in [3.8, 4) is 0 Å². The monoisotopic (exact) mass is 261 g/mol. The highest BCUT2D eigenvalue weighted by Gasteiger charge is 2.43. The van der Waals surface area contributed by atoms with Crippen molar-refractivity contribution in [2.45, 2.75) is 18.4 Å². The number of nitrogens with one attached hydrogen (secondary N) is 1. The first-order chi connectivity index (χ1) is 7.56. The van der Waals surface area contributed by atoms with Crippen LogP contribution in [0.2, 0.25) is 5.02 Å². The summed E-state index contributed by atoms with van der Waals surface area (Å²) in [7, 11) is 0. The maximum atomic E-state index is 13.4. The maximum absolute atomic E-state index is 13.4. The molecule has 0 aliphatic heterocycles. The molecule has 0 radical (unpaired) electrons. The normalized spacial score (nSPS) is 16.9. The summed E-state index contributed by atoms with van der Waals surface area (Å²) >= 11 is 11.4. The van der Waals surface area contributed by atoms with E-state index in [1.54, 1.807) is 0 Å². The summed E-state index contributed by atoms with van der Waals surface area (Å²) in [6, 6.07) is 3.90. The Morgan fingerprint density at radius 1 is 1.50 bits per heavy atom. The Labute approximate surface area is 103 Å². The van der Waals surface area contributed by atoms with Crippen molar-refractivity contribution >= 4 is 29.1 Å². The van der Waals surface area contributed by atoms with Crippen LogP contribution >= 0.6 is 23.2 Å². The quantitative estimate of drug-likeness (QED) is 0.833. The highest BCUT2D eigenvalue weighted by molar-refractivity contribution is 6.31. The van der Waals surface area contributed by atoms with Gasteiger partial charge in [0.2, 0.25) is 0 Å². The van der Waals surface area contributed by atoms with Gasteiger partial charge >= 0.3 is 0 Å². The standard InChI is InChI=1S/C11H10Cl2FNO/c12-6-11(3-4-11)15-10(16)8-5-7(13)1-2-9(8)14/h1-2,5H,3-4,6H2,(H,15,16). The van der Waals surface area contributed by atoms with Gasteiger partial charge in [0.1, 0.15) is 5.82 Å². The fraction of sp³-hybridized carbons (Fsp3) is 0.364. The number of halogens is 3. The van der Waals surface area contributed by atoms with Crippen LogP contribution in [0.5, 0.6) is 0 Å². The van der Waals surface area contributed by atoms with Gasteiger partial charge in [0, 0.05) is 10.9 Å². The van der Waals surface area contributed by atoms with E-state index in [9.17, 15) is 9.18 Å². The largest absolute Gasteiger partial charge is 0.345 e. The molecule has 1 fully saturated rings. The Bertz CT molecular complexity index is 432. The van der Waals surface area contributed by atoms with E-state index >= 15 is 0 Å². The zero-order chi connectivity index (χ0) is 11.8. The van der Waals surface area contributed by atoms with Crippen LogP contribution in [0.25, 0.3) is 0 Å². The average molecular weight is 262 g/mol. The minimum Gasteiger partial charge on any atom is -0.345 e. The molecule has 0 heterocycles. The van der Waals surface area contributed by atoms with Crippen LogP contribution in [0.4, 0.5) is 4.39 Å². The molecule has 1 aliphatic rings. The molecule has 1 N–H and O–H groups in total. The van der Waals surface area contributed by atoms with Crippen LogP contribution in [-0.4, -0.2) is 17.3 Å². The lowest BCUT2D eigenvalue weighted by Gasteiger charge is -2.14. The maximum Gasteiger partial charge on any atom is 0.254 e. The van der Waals surface area contributed by atoms with Crippen molar-refractivity contribution in [3.05, 3.63) is 34.6 Å². The molecule has 1 saturated carbocycles. The molecule has 2 rings (SSSR count). The van der Waals surface area contributed by atoms with E-state index in [-0.39, 0.29) is 11.1 Å². The van der Waals surface area contributed by atoms with Gasteiger partial charge in [-0.1, -0.05) is 11.6 Å². The summed E-state index contributed by atoms with van der Waals surface area (Å²) in [6.45, 7) is 0. The van der Waals surface area contributed by atoms with E-state index in [0.717, 1.165) is 12.8 Å². The highest BCUT2D eigenvalue weighted by Crippen LogP contribution is 2.36. The second-order valence-corrected chi connectivity index (χ2v) is 4.70. The Morgan fingerprint density at radius 2 is 2.19 bits per heavy atom. The summed E-state index contributed by atoms with van der Waals surface area (Å²) in [4.78, 5) is 11.8. The van der Waals surface area contributed by atoms with E-state index in [4.69, 9.17) is 23.2 Å². The van der Waals surface area contributed by atoms with Crippen LogP contribution in [0, 0.1) is 5.82 Å². The van der Waals surface area contributed by atoms with Gasteiger partial charge in [-0.25, -0.2) is 4.39 Å². The van der Waals surface area contributed by atoms with Crippen molar-refractivity contribution < 1.29 is 9.18 Å². The molecule has 0 unspecified atom stereocenters. The Morgan fingerprint density at radius 3 is 2.75 bits per heavy atom. The first-order valence-electron chi connectivity index (χ1n) is 4.90. The molecular formula is C11H10Cl2FNO. The lowest BCUT2D eigenvalue weighted by molar-refractivity contribution is 0.0932.